The van der Waals surface area contributed by atoms with E-state index in [9.17, 15) is 0 Å². The van der Waals surface area contributed by atoms with E-state index in [1.54, 1.807) is 10.4 Å². The van der Waals surface area contributed by atoms with Crippen LogP contribution in [0, 0.1) is 0 Å². The van der Waals surface area contributed by atoms with Crippen molar-refractivity contribution in [1.29, 1.82) is 0 Å². The maximum Gasteiger partial charge on any atom is 0.122 e. The van der Waals surface area contributed by atoms with Crippen LogP contribution in [0.2, 0.25) is 0 Å². The van der Waals surface area contributed by atoms with Gasteiger partial charge < -0.3 is 10.1 Å². The number of benzene rings is 1. The van der Waals surface area contributed by atoms with Crippen molar-refractivity contribution in [2.24, 2.45) is 0 Å². The number of nitrogens with one attached hydrogen (secondary N) is 1. The van der Waals surface area contributed by atoms with Crippen LogP contribution in [-0.2, 0) is 19.4 Å². The molecule has 0 saturated carbocycles. The largest absolute Gasteiger partial charge is 0.493 e. The summed E-state index contributed by atoms with van der Waals surface area (Å²) in [5.41, 5.74) is 2.97. The highest BCUT2D eigenvalue weighted by Gasteiger charge is 2.21. The Morgan fingerprint density at radius 2 is 2.19 bits per heavy atom. The minimum atomic E-state index is 0.585. The lowest BCUT2D eigenvalue weighted by Crippen LogP contribution is -2.25. The zero-order valence-electron chi connectivity index (χ0n) is 12.2. The fourth-order valence-electron chi connectivity index (χ4n) is 3.48. The lowest BCUT2D eigenvalue weighted by atomic mass is 9.93. The van der Waals surface area contributed by atoms with Crippen LogP contribution in [0.25, 0.3) is 0 Å². The summed E-state index contributed by atoms with van der Waals surface area (Å²) < 4.78 is 5.73. The Balaban J connectivity index is 1.37. The monoisotopic (exact) mass is 299 g/mol. The van der Waals surface area contributed by atoms with E-state index in [1.165, 1.54) is 29.7 Å². The Kier molecular flexibility index (Phi) is 3.70. The van der Waals surface area contributed by atoms with E-state index < -0.39 is 0 Å². The van der Waals surface area contributed by atoms with Crippen LogP contribution in [-0.4, -0.2) is 13.2 Å². The summed E-state index contributed by atoms with van der Waals surface area (Å²) in [5, 5.41) is 3.66. The molecule has 1 unspecified atom stereocenters. The van der Waals surface area contributed by atoms with E-state index in [2.05, 4.69) is 35.6 Å². The minimum Gasteiger partial charge on any atom is -0.493 e. The van der Waals surface area contributed by atoms with Gasteiger partial charge >= 0.3 is 0 Å². The van der Waals surface area contributed by atoms with E-state index in [0.29, 0.717) is 5.92 Å². The molecule has 0 saturated heterocycles. The second-order valence-corrected chi connectivity index (χ2v) is 7.24. The Bertz CT molecular complexity index is 612. The summed E-state index contributed by atoms with van der Waals surface area (Å²) in [4.78, 5) is 3.13. The molecule has 4 rings (SSSR count). The van der Waals surface area contributed by atoms with Gasteiger partial charge in [0.1, 0.15) is 5.75 Å². The van der Waals surface area contributed by atoms with Gasteiger partial charge in [-0.2, -0.15) is 0 Å². The molecule has 0 amide bonds. The van der Waals surface area contributed by atoms with Gasteiger partial charge in [0, 0.05) is 28.8 Å². The summed E-state index contributed by atoms with van der Waals surface area (Å²) in [6.45, 7) is 2.90. The summed E-state index contributed by atoms with van der Waals surface area (Å²) >= 11 is 2.01. The number of ether oxygens (including phenoxy) is 1. The van der Waals surface area contributed by atoms with Gasteiger partial charge in [-0.1, -0.05) is 18.2 Å². The van der Waals surface area contributed by atoms with Crippen molar-refractivity contribution in [2.75, 3.05) is 13.2 Å². The fourth-order valence-corrected chi connectivity index (χ4v) is 4.71. The lowest BCUT2D eigenvalue weighted by Gasteiger charge is -2.26. The van der Waals surface area contributed by atoms with Crippen molar-refractivity contribution in [1.82, 2.24) is 5.32 Å². The zero-order valence-corrected chi connectivity index (χ0v) is 13.0. The molecule has 21 heavy (non-hydrogen) atoms. The molecule has 0 bridgehead atoms. The average Bonchev–Trinajstić information content (AvgIpc) is 3.09. The van der Waals surface area contributed by atoms with Gasteiger partial charge in [0.15, 0.2) is 0 Å². The number of aryl methyl sites for hydroxylation is 2. The molecule has 1 aromatic heterocycles. The maximum absolute atomic E-state index is 5.73. The molecular formula is C18H21NOS. The van der Waals surface area contributed by atoms with Crippen molar-refractivity contribution in [3.63, 3.8) is 0 Å². The van der Waals surface area contributed by atoms with Crippen molar-refractivity contribution >= 4 is 11.3 Å². The number of thiophene rings is 1. The van der Waals surface area contributed by atoms with E-state index in [0.717, 1.165) is 31.9 Å². The SMILES string of the molecule is c1ccc2c(c1)OCCC2CNCc1cc2c(s1)CCC2. The summed E-state index contributed by atoms with van der Waals surface area (Å²) in [5.74, 6) is 1.66. The fraction of sp³-hybridized carbons (Fsp3) is 0.444. The molecule has 1 aliphatic heterocycles. The molecule has 1 aromatic carbocycles. The van der Waals surface area contributed by atoms with Crippen molar-refractivity contribution in [3.05, 3.63) is 51.2 Å². The predicted molar refractivity (Wildman–Crippen MR) is 87.3 cm³/mol. The number of hydrogen-bond acceptors (Lipinski definition) is 3. The highest BCUT2D eigenvalue weighted by atomic mass is 32.1. The third-order valence-corrected chi connectivity index (χ3v) is 5.81. The van der Waals surface area contributed by atoms with Crippen LogP contribution in [0.1, 0.15) is 39.6 Å². The Morgan fingerprint density at radius 1 is 1.24 bits per heavy atom. The molecular weight excluding hydrogens is 278 g/mol. The molecule has 2 heterocycles. The number of rotatable bonds is 4. The van der Waals surface area contributed by atoms with Crippen LogP contribution < -0.4 is 10.1 Å². The molecule has 2 aromatic rings. The predicted octanol–water partition coefficient (Wildman–Crippen LogP) is 3.89. The van der Waals surface area contributed by atoms with E-state index in [1.807, 2.05) is 11.3 Å². The molecule has 0 radical (unpaired) electrons. The van der Waals surface area contributed by atoms with Gasteiger partial charge in [0.2, 0.25) is 0 Å². The van der Waals surface area contributed by atoms with E-state index in [4.69, 9.17) is 4.74 Å². The van der Waals surface area contributed by atoms with Gasteiger partial charge in [-0.05, 0) is 48.9 Å². The second kappa shape index (κ2) is 5.82. The van der Waals surface area contributed by atoms with E-state index >= 15 is 0 Å². The smallest absolute Gasteiger partial charge is 0.122 e. The number of para-hydroxylation sites is 1. The first-order valence-corrected chi connectivity index (χ1v) is 8.75. The summed E-state index contributed by atoms with van der Waals surface area (Å²) in [7, 11) is 0. The van der Waals surface area contributed by atoms with E-state index in [-0.39, 0.29) is 0 Å². The van der Waals surface area contributed by atoms with Gasteiger partial charge in [-0.15, -0.1) is 11.3 Å². The highest BCUT2D eigenvalue weighted by molar-refractivity contribution is 7.12. The third kappa shape index (κ3) is 2.72. The highest BCUT2D eigenvalue weighted by Crippen LogP contribution is 2.33. The second-order valence-electron chi connectivity index (χ2n) is 6.02. The Hall–Kier alpha value is -1.32. The molecule has 1 N–H and O–H groups in total. The van der Waals surface area contributed by atoms with Crippen molar-refractivity contribution < 1.29 is 4.74 Å². The van der Waals surface area contributed by atoms with Gasteiger partial charge in [0.25, 0.3) is 0 Å². The van der Waals surface area contributed by atoms with Crippen molar-refractivity contribution in [2.45, 2.75) is 38.1 Å². The quantitative estimate of drug-likeness (QED) is 0.924. The number of fused-ring (bicyclic) bond motifs is 2. The molecule has 0 spiro atoms. The molecule has 1 aliphatic carbocycles. The van der Waals surface area contributed by atoms with Crippen LogP contribution >= 0.6 is 11.3 Å². The molecule has 0 fully saturated rings. The third-order valence-electron chi connectivity index (χ3n) is 4.57. The topological polar surface area (TPSA) is 21.3 Å². The first-order valence-electron chi connectivity index (χ1n) is 7.93. The average molecular weight is 299 g/mol. The standard InChI is InChI=1S/C18H21NOS/c1-2-6-17-16(5-1)14(8-9-20-17)11-19-12-15-10-13-4-3-7-18(13)21-15/h1-2,5-6,10,14,19H,3-4,7-9,11-12H2. The maximum atomic E-state index is 5.73. The first-order chi connectivity index (χ1) is 10.4. The Morgan fingerprint density at radius 3 is 3.14 bits per heavy atom. The first kappa shape index (κ1) is 13.4. The van der Waals surface area contributed by atoms with Crippen LogP contribution in [0.4, 0.5) is 0 Å². The summed E-state index contributed by atoms with van der Waals surface area (Å²) in [6, 6.07) is 10.9. The summed E-state index contributed by atoms with van der Waals surface area (Å²) in [6.07, 6.45) is 5.06. The molecule has 2 aliphatic rings. The zero-order chi connectivity index (χ0) is 14.1. The Labute approximate surface area is 130 Å². The lowest BCUT2D eigenvalue weighted by molar-refractivity contribution is 0.264. The van der Waals surface area contributed by atoms with Crippen LogP contribution in [0.3, 0.4) is 0 Å². The van der Waals surface area contributed by atoms with Gasteiger partial charge in [0.05, 0.1) is 6.61 Å². The van der Waals surface area contributed by atoms with Gasteiger partial charge in [-0.25, -0.2) is 0 Å². The van der Waals surface area contributed by atoms with Crippen LogP contribution in [0.5, 0.6) is 5.75 Å². The molecule has 3 heteroatoms. The van der Waals surface area contributed by atoms with Crippen LogP contribution in [0.15, 0.2) is 30.3 Å². The number of hydrogen-bond donors (Lipinski definition) is 1. The molecule has 1 atom stereocenters. The molecule has 110 valence electrons. The molecule has 2 nitrogen and oxygen atoms in total. The normalized spacial score (nSPS) is 19.9. The van der Waals surface area contributed by atoms with Gasteiger partial charge in [-0.3, -0.25) is 0 Å². The van der Waals surface area contributed by atoms with Crippen molar-refractivity contribution in [3.8, 4) is 5.75 Å². The minimum absolute atomic E-state index is 0.585.